The van der Waals surface area contributed by atoms with Gasteiger partial charge in [-0.05, 0) is 0 Å². The van der Waals surface area contributed by atoms with Crippen molar-refractivity contribution >= 4 is 11.6 Å². The Kier molecular flexibility index (Phi) is 3.36. The van der Waals surface area contributed by atoms with Gasteiger partial charge in [-0.3, -0.25) is 0 Å². The normalized spacial score (nSPS) is 12.6. The highest BCUT2D eigenvalue weighted by Crippen LogP contribution is 2.23. The molecule has 0 heterocycles. The van der Waals surface area contributed by atoms with Crippen LogP contribution in [0.1, 0.15) is 0 Å². The molecule has 0 spiro atoms. The van der Waals surface area contributed by atoms with Crippen LogP contribution >= 0.6 is 11.6 Å². The van der Waals surface area contributed by atoms with E-state index in [-0.39, 0.29) is 0 Å². The van der Waals surface area contributed by atoms with Crippen LogP contribution in [0.15, 0.2) is 29.2 Å². The Morgan fingerprint density at radius 3 is 2.18 bits per heavy atom. The standard InChI is InChI=1S/C6H3ClF4/c1-2-4(7)5(8)3-6(9,10)11/h3H,1H2. The van der Waals surface area contributed by atoms with E-state index in [0.29, 0.717) is 0 Å². The van der Waals surface area contributed by atoms with Crippen LogP contribution in [0, 0.1) is 0 Å². The van der Waals surface area contributed by atoms with E-state index >= 15 is 0 Å². The summed E-state index contributed by atoms with van der Waals surface area (Å²) in [5, 5.41) is -0.776. The maximum atomic E-state index is 12.2. The van der Waals surface area contributed by atoms with Crippen molar-refractivity contribution in [3.05, 3.63) is 29.2 Å². The molecule has 0 nitrogen and oxygen atoms in total. The zero-order valence-electron chi connectivity index (χ0n) is 5.17. The number of hydrogen-bond acceptors (Lipinski definition) is 0. The number of halogens is 5. The molecule has 0 aliphatic carbocycles. The van der Waals surface area contributed by atoms with Gasteiger partial charge in [-0.25, -0.2) is 4.39 Å². The van der Waals surface area contributed by atoms with Crippen molar-refractivity contribution in [2.75, 3.05) is 0 Å². The highest BCUT2D eigenvalue weighted by molar-refractivity contribution is 6.31. The van der Waals surface area contributed by atoms with Gasteiger partial charge in [0.2, 0.25) is 0 Å². The van der Waals surface area contributed by atoms with E-state index in [1.807, 2.05) is 0 Å². The molecule has 0 aromatic rings. The van der Waals surface area contributed by atoms with Gasteiger partial charge in [0.1, 0.15) is 5.03 Å². The lowest BCUT2D eigenvalue weighted by atomic mass is 10.4. The molecule has 0 aromatic carbocycles. The van der Waals surface area contributed by atoms with Crippen molar-refractivity contribution in [2.24, 2.45) is 0 Å². The maximum absolute atomic E-state index is 12.2. The maximum Gasteiger partial charge on any atom is 0.412 e. The topological polar surface area (TPSA) is 0 Å². The van der Waals surface area contributed by atoms with E-state index in [2.05, 4.69) is 6.58 Å². The smallest absolute Gasteiger partial charge is 0.205 e. The molecule has 0 fully saturated rings. The zero-order chi connectivity index (χ0) is 9.07. The Bertz CT molecular complexity index is 219. The van der Waals surface area contributed by atoms with E-state index < -0.39 is 23.1 Å². The highest BCUT2D eigenvalue weighted by atomic mass is 35.5. The van der Waals surface area contributed by atoms with E-state index in [4.69, 9.17) is 11.6 Å². The molecular formula is C6H3ClF4. The number of hydrogen-bond donors (Lipinski definition) is 0. The molecule has 5 heteroatoms. The second kappa shape index (κ2) is 3.60. The van der Waals surface area contributed by atoms with Gasteiger partial charge in [-0.15, -0.1) is 5.73 Å². The van der Waals surface area contributed by atoms with Crippen LogP contribution in [0.3, 0.4) is 0 Å². The molecule has 11 heavy (non-hydrogen) atoms. The Morgan fingerprint density at radius 1 is 1.45 bits per heavy atom. The van der Waals surface area contributed by atoms with Crippen LogP contribution in [-0.2, 0) is 0 Å². The average Bonchev–Trinajstić information content (AvgIpc) is 1.82. The highest BCUT2D eigenvalue weighted by Gasteiger charge is 2.25. The quantitative estimate of drug-likeness (QED) is 0.335. The lowest BCUT2D eigenvalue weighted by Gasteiger charge is -1.97. The molecule has 0 saturated carbocycles. The van der Waals surface area contributed by atoms with Crippen molar-refractivity contribution < 1.29 is 17.6 Å². The van der Waals surface area contributed by atoms with Crippen LogP contribution in [0.4, 0.5) is 17.6 Å². The monoisotopic (exact) mass is 186 g/mol. The van der Waals surface area contributed by atoms with Gasteiger partial charge in [0.05, 0.1) is 6.08 Å². The summed E-state index contributed by atoms with van der Waals surface area (Å²) in [6.45, 7) is 2.87. The summed E-state index contributed by atoms with van der Waals surface area (Å²) in [5.74, 6) is -1.59. The summed E-state index contributed by atoms with van der Waals surface area (Å²) in [7, 11) is 0. The first-order valence-electron chi connectivity index (χ1n) is 2.38. The lowest BCUT2D eigenvalue weighted by molar-refractivity contribution is -0.0811. The summed E-state index contributed by atoms with van der Waals surface area (Å²) >= 11 is 4.92. The molecule has 0 aliphatic rings. The number of alkyl halides is 3. The molecule has 0 saturated heterocycles. The van der Waals surface area contributed by atoms with Crippen molar-refractivity contribution in [3.8, 4) is 0 Å². The Morgan fingerprint density at radius 2 is 1.91 bits per heavy atom. The van der Waals surface area contributed by atoms with Gasteiger partial charge < -0.3 is 0 Å². The number of allylic oxidation sites excluding steroid dienone is 3. The zero-order valence-corrected chi connectivity index (χ0v) is 5.93. The van der Waals surface area contributed by atoms with Gasteiger partial charge >= 0.3 is 6.18 Å². The minimum atomic E-state index is -4.71. The first-order valence-corrected chi connectivity index (χ1v) is 2.75. The van der Waals surface area contributed by atoms with E-state index in [0.717, 1.165) is 0 Å². The van der Waals surface area contributed by atoms with Crippen molar-refractivity contribution in [1.29, 1.82) is 0 Å². The average molecular weight is 187 g/mol. The first-order chi connectivity index (χ1) is 4.87. The van der Waals surface area contributed by atoms with Crippen LogP contribution in [0.25, 0.3) is 0 Å². The minimum absolute atomic E-state index is 0.562. The molecule has 0 atom stereocenters. The van der Waals surface area contributed by atoms with Gasteiger partial charge in [-0.2, -0.15) is 13.2 Å². The van der Waals surface area contributed by atoms with Crippen LogP contribution in [-0.4, -0.2) is 6.18 Å². The summed E-state index contributed by atoms with van der Waals surface area (Å²) < 4.78 is 46.3. The van der Waals surface area contributed by atoms with Crippen molar-refractivity contribution in [3.63, 3.8) is 0 Å². The Balaban J connectivity index is 4.61. The minimum Gasteiger partial charge on any atom is -0.205 e. The molecule has 0 bridgehead atoms. The van der Waals surface area contributed by atoms with E-state index in [1.54, 1.807) is 5.73 Å². The van der Waals surface area contributed by atoms with Crippen LogP contribution < -0.4 is 0 Å². The Labute approximate surface area is 65.5 Å². The van der Waals surface area contributed by atoms with Gasteiger partial charge in [0, 0.05) is 0 Å². The summed E-state index contributed by atoms with van der Waals surface area (Å²) in [6, 6.07) is 0. The molecule has 0 amide bonds. The molecular weight excluding hydrogens is 184 g/mol. The lowest BCUT2D eigenvalue weighted by Crippen LogP contribution is -2.02. The fourth-order valence-electron chi connectivity index (χ4n) is 0.291. The van der Waals surface area contributed by atoms with Gasteiger partial charge in [0.15, 0.2) is 5.83 Å². The third-order valence-corrected chi connectivity index (χ3v) is 0.969. The predicted octanol–water partition coefficient (Wildman–Crippen LogP) is 3.31. The van der Waals surface area contributed by atoms with Gasteiger partial charge in [-0.1, -0.05) is 18.2 Å². The van der Waals surface area contributed by atoms with Crippen LogP contribution in [0.2, 0.25) is 0 Å². The first kappa shape index (κ1) is 10.3. The molecule has 0 unspecified atom stereocenters. The van der Waals surface area contributed by atoms with Gasteiger partial charge in [0.25, 0.3) is 0 Å². The molecule has 62 valence electrons. The van der Waals surface area contributed by atoms with Crippen molar-refractivity contribution in [2.45, 2.75) is 6.18 Å². The summed E-state index contributed by atoms with van der Waals surface area (Å²) in [6.07, 6.45) is -5.27. The van der Waals surface area contributed by atoms with E-state index in [1.165, 1.54) is 0 Å². The second-order valence-electron chi connectivity index (χ2n) is 1.52. The molecule has 0 rings (SSSR count). The third kappa shape index (κ3) is 4.65. The largest absolute Gasteiger partial charge is 0.412 e. The third-order valence-electron chi connectivity index (χ3n) is 0.655. The number of rotatable bonds is 1. The second-order valence-corrected chi connectivity index (χ2v) is 1.90. The molecule has 0 aliphatic heterocycles. The summed E-state index contributed by atoms with van der Waals surface area (Å²) in [4.78, 5) is 0. The molecule has 0 N–H and O–H groups in total. The Hall–Kier alpha value is -0.730. The summed E-state index contributed by atoms with van der Waals surface area (Å²) in [5.41, 5.74) is 1.78. The fraction of sp³-hybridized carbons (Fsp3) is 0.167. The molecule has 0 radical (unpaired) electrons. The fourth-order valence-corrected chi connectivity index (χ4v) is 0.346. The van der Waals surface area contributed by atoms with Crippen molar-refractivity contribution in [1.82, 2.24) is 0 Å². The van der Waals surface area contributed by atoms with E-state index in [9.17, 15) is 17.6 Å². The van der Waals surface area contributed by atoms with Crippen LogP contribution in [0.5, 0.6) is 0 Å². The molecule has 0 aromatic heterocycles. The SMILES string of the molecule is C=C=C(Cl)C(F)=CC(F)(F)F. The predicted molar refractivity (Wildman–Crippen MR) is 33.8 cm³/mol.